The maximum atomic E-state index is 11.0. The summed E-state index contributed by atoms with van der Waals surface area (Å²) in [6, 6.07) is 0. The Hall–Kier alpha value is -0.780. The van der Waals surface area contributed by atoms with Crippen molar-refractivity contribution < 1.29 is 26.3 Å². The SMILES string of the molecule is C.C=C[C@@H](C)C[C@@H](COC)S(N)(=O)=O.C=C[C@H](C)C[C@@H](COC)S(N)(=O)=O. The van der Waals surface area contributed by atoms with Crippen LogP contribution in [0, 0.1) is 11.8 Å². The quantitative estimate of drug-likeness (QED) is 0.451. The van der Waals surface area contributed by atoms with E-state index in [1.54, 1.807) is 12.2 Å². The average Bonchev–Trinajstić information content (AvgIpc) is 2.52. The van der Waals surface area contributed by atoms with Gasteiger partial charge in [-0.05, 0) is 24.7 Å². The zero-order valence-corrected chi connectivity index (χ0v) is 17.8. The fourth-order valence-corrected chi connectivity index (χ4v) is 3.78. The van der Waals surface area contributed by atoms with E-state index < -0.39 is 30.5 Å². The molecule has 10 heteroatoms. The van der Waals surface area contributed by atoms with Crippen molar-refractivity contribution in [2.45, 2.75) is 44.6 Å². The molecule has 0 radical (unpaired) electrons. The molecule has 0 rings (SSSR count). The predicted molar refractivity (Wildman–Crippen MR) is 112 cm³/mol. The highest BCUT2D eigenvalue weighted by molar-refractivity contribution is 7.90. The lowest BCUT2D eigenvalue weighted by atomic mass is 10.1. The summed E-state index contributed by atoms with van der Waals surface area (Å²) in [5.74, 6) is 0.247. The Morgan fingerprint density at radius 1 is 0.815 bits per heavy atom. The summed E-state index contributed by atoms with van der Waals surface area (Å²) in [5, 5.41) is 8.79. The van der Waals surface area contributed by atoms with Gasteiger partial charge in [-0.2, -0.15) is 0 Å². The first-order valence-corrected chi connectivity index (χ1v) is 11.3. The van der Waals surface area contributed by atoms with Crippen LogP contribution in [0.1, 0.15) is 34.1 Å². The lowest BCUT2D eigenvalue weighted by molar-refractivity contribution is 0.191. The molecule has 0 aromatic heterocycles. The predicted octanol–water partition coefficient (Wildman–Crippen LogP) is 1.64. The highest BCUT2D eigenvalue weighted by atomic mass is 32.2. The van der Waals surface area contributed by atoms with E-state index in [0.717, 1.165) is 0 Å². The van der Waals surface area contributed by atoms with E-state index in [1.807, 2.05) is 13.8 Å². The van der Waals surface area contributed by atoms with Crippen molar-refractivity contribution in [2.75, 3.05) is 27.4 Å². The molecule has 0 bridgehead atoms. The molecule has 27 heavy (non-hydrogen) atoms. The van der Waals surface area contributed by atoms with Crippen molar-refractivity contribution in [1.82, 2.24) is 0 Å². The standard InChI is InChI=1S/2C8H17NO3S.CH4/c2*1-4-7(2)5-8(6-12-3)13(9,10)11;/h2*4,7-8H,1,5-6H2,2-3H3,(H2,9,10,11);1H4/t7-,8+;7-,8-;/m10./s1. The van der Waals surface area contributed by atoms with Gasteiger partial charge in [-0.1, -0.05) is 33.4 Å². The van der Waals surface area contributed by atoms with E-state index >= 15 is 0 Å². The van der Waals surface area contributed by atoms with Crippen LogP contribution in [-0.2, 0) is 29.5 Å². The summed E-state index contributed by atoms with van der Waals surface area (Å²) < 4.78 is 53.7. The van der Waals surface area contributed by atoms with Crippen molar-refractivity contribution in [3.05, 3.63) is 25.3 Å². The maximum absolute atomic E-state index is 11.0. The summed E-state index contributed by atoms with van der Waals surface area (Å²) in [7, 11) is -4.10. The average molecular weight is 431 g/mol. The minimum absolute atomic E-state index is 0. The van der Waals surface area contributed by atoms with E-state index in [2.05, 4.69) is 13.2 Å². The third kappa shape index (κ3) is 15.9. The van der Waals surface area contributed by atoms with Crippen LogP contribution in [0.5, 0.6) is 0 Å². The molecule has 0 aromatic rings. The molecule has 0 aliphatic carbocycles. The van der Waals surface area contributed by atoms with Crippen LogP contribution in [0.3, 0.4) is 0 Å². The van der Waals surface area contributed by atoms with Gasteiger partial charge in [-0.15, -0.1) is 13.2 Å². The van der Waals surface area contributed by atoms with Crippen molar-refractivity contribution >= 4 is 20.0 Å². The number of hydrogen-bond donors (Lipinski definition) is 2. The molecular formula is C17H38N2O6S2. The maximum Gasteiger partial charge on any atom is 0.214 e. The van der Waals surface area contributed by atoms with Crippen molar-refractivity contribution in [3.63, 3.8) is 0 Å². The molecule has 0 aromatic carbocycles. The Bertz CT molecular complexity index is 551. The largest absolute Gasteiger partial charge is 0.383 e. The van der Waals surface area contributed by atoms with Crippen molar-refractivity contribution in [2.24, 2.45) is 22.1 Å². The van der Waals surface area contributed by atoms with Gasteiger partial charge < -0.3 is 9.47 Å². The Kier molecular flexibility index (Phi) is 17.4. The number of rotatable bonds is 12. The fraction of sp³-hybridized carbons (Fsp3) is 0.765. The third-order valence-corrected chi connectivity index (χ3v) is 6.22. The molecule has 0 unspecified atom stereocenters. The summed E-state index contributed by atoms with van der Waals surface area (Å²) in [4.78, 5) is 0. The Morgan fingerprint density at radius 2 is 1.07 bits per heavy atom. The van der Waals surface area contributed by atoms with Gasteiger partial charge in [0.05, 0.1) is 23.7 Å². The summed E-state index contributed by atoms with van der Waals surface area (Å²) in [6.07, 6.45) is 4.31. The Balaban J connectivity index is -0.000000411. The topological polar surface area (TPSA) is 139 Å². The van der Waals surface area contributed by atoms with Crippen LogP contribution < -0.4 is 10.3 Å². The number of allylic oxidation sites excluding steroid dienone is 2. The van der Waals surface area contributed by atoms with Gasteiger partial charge in [0.2, 0.25) is 20.0 Å². The molecule has 0 aliphatic heterocycles. The van der Waals surface area contributed by atoms with E-state index in [4.69, 9.17) is 19.8 Å². The lowest BCUT2D eigenvalue weighted by Gasteiger charge is -2.15. The number of hydrogen-bond acceptors (Lipinski definition) is 6. The van der Waals surface area contributed by atoms with E-state index in [-0.39, 0.29) is 32.5 Å². The molecule has 4 N–H and O–H groups in total. The number of methoxy groups -OCH3 is 2. The van der Waals surface area contributed by atoms with E-state index in [9.17, 15) is 16.8 Å². The van der Waals surface area contributed by atoms with Crippen LogP contribution >= 0.6 is 0 Å². The number of sulfonamides is 2. The zero-order chi connectivity index (χ0) is 21.0. The zero-order valence-electron chi connectivity index (χ0n) is 16.1. The fourth-order valence-electron chi connectivity index (χ4n) is 1.99. The second-order valence-electron chi connectivity index (χ2n) is 6.23. The van der Waals surface area contributed by atoms with Crippen LogP contribution in [0.15, 0.2) is 25.3 Å². The summed E-state index contributed by atoms with van der Waals surface area (Å²) in [5.41, 5.74) is 0. The number of ether oxygens (including phenoxy) is 2. The van der Waals surface area contributed by atoms with Gasteiger partial charge >= 0.3 is 0 Å². The monoisotopic (exact) mass is 430 g/mol. The normalized spacial score (nSPS) is 15.9. The Labute approximate surface area is 166 Å². The first kappa shape index (κ1) is 30.9. The molecule has 0 fully saturated rings. The summed E-state index contributed by atoms with van der Waals surface area (Å²) in [6.45, 7) is 11.2. The van der Waals surface area contributed by atoms with Crippen LogP contribution in [0.25, 0.3) is 0 Å². The number of nitrogens with two attached hydrogens (primary N) is 2. The van der Waals surface area contributed by atoms with Gasteiger partial charge in [0.25, 0.3) is 0 Å². The van der Waals surface area contributed by atoms with Crippen molar-refractivity contribution in [1.29, 1.82) is 0 Å². The first-order valence-electron chi connectivity index (χ1n) is 8.09. The molecule has 0 saturated heterocycles. The molecule has 0 saturated carbocycles. The smallest absolute Gasteiger partial charge is 0.214 e. The van der Waals surface area contributed by atoms with E-state index in [1.165, 1.54) is 14.2 Å². The molecule has 4 atom stereocenters. The minimum atomic E-state index is -3.50. The van der Waals surface area contributed by atoms with Crippen LogP contribution in [0.2, 0.25) is 0 Å². The first-order chi connectivity index (χ1) is 11.8. The summed E-state index contributed by atoms with van der Waals surface area (Å²) >= 11 is 0. The molecule has 0 heterocycles. The highest BCUT2D eigenvalue weighted by Gasteiger charge is 2.23. The van der Waals surface area contributed by atoms with Gasteiger partial charge in [-0.3, -0.25) is 0 Å². The Morgan fingerprint density at radius 3 is 1.22 bits per heavy atom. The third-order valence-electron chi connectivity index (χ3n) is 3.71. The van der Waals surface area contributed by atoms with Gasteiger partial charge in [-0.25, -0.2) is 27.1 Å². The number of primary sulfonamides is 2. The van der Waals surface area contributed by atoms with Crippen molar-refractivity contribution in [3.8, 4) is 0 Å². The van der Waals surface area contributed by atoms with Gasteiger partial charge in [0.15, 0.2) is 0 Å². The second kappa shape index (κ2) is 15.2. The van der Waals surface area contributed by atoms with Gasteiger partial charge in [0.1, 0.15) is 0 Å². The van der Waals surface area contributed by atoms with Crippen LogP contribution in [0.4, 0.5) is 0 Å². The van der Waals surface area contributed by atoms with E-state index in [0.29, 0.717) is 12.8 Å². The molecule has 0 aliphatic rings. The molecule has 8 nitrogen and oxygen atoms in total. The molecule has 0 spiro atoms. The van der Waals surface area contributed by atoms with Gasteiger partial charge in [0, 0.05) is 14.2 Å². The lowest BCUT2D eigenvalue weighted by Crippen LogP contribution is -2.33. The second-order valence-corrected chi connectivity index (χ2v) is 9.92. The molecule has 0 amide bonds. The van der Waals surface area contributed by atoms with Crippen LogP contribution in [-0.4, -0.2) is 54.8 Å². The molecular weight excluding hydrogens is 392 g/mol. The minimum Gasteiger partial charge on any atom is -0.383 e. The molecule has 164 valence electrons. The highest BCUT2D eigenvalue weighted by Crippen LogP contribution is 2.13.